The second kappa shape index (κ2) is 39.4. The van der Waals surface area contributed by atoms with Crippen LogP contribution in [0, 0.1) is 33.5 Å². The molecule has 582 valence electrons. The largest absolute Gasteiger partial charge is 0.479 e. The minimum Gasteiger partial charge on any atom is -0.479 e. The zero-order valence-electron chi connectivity index (χ0n) is 59.7. The van der Waals surface area contributed by atoms with E-state index in [9.17, 15) is 106 Å². The molecule has 10 unspecified atom stereocenters. The Labute approximate surface area is 573 Å². The maximum absolute atomic E-state index is 11.6. The number of carboxylic acid groups (broad SMARTS) is 1. The summed E-state index contributed by atoms with van der Waals surface area (Å²) in [6, 6.07) is -0.662. The zero-order chi connectivity index (χ0) is 76.7. The molecule has 1 amide bonds. The summed E-state index contributed by atoms with van der Waals surface area (Å²) in [7, 11) is 0. The van der Waals surface area contributed by atoms with E-state index >= 15 is 0 Å². The Morgan fingerprint density at radius 2 is 0.724 bits per heavy atom. The predicted octanol–water partition coefficient (Wildman–Crippen LogP) is -6.97. The first-order chi connectivity index (χ1) is 44.7. The van der Waals surface area contributed by atoms with Crippen LogP contribution in [-0.2, 0) is 47.5 Å². The molecule has 6 aliphatic heterocycles. The number of carbonyl (C=O) groups is 3. The Morgan fingerprint density at radius 1 is 0.439 bits per heavy atom. The smallest absolute Gasteiger partial charge is 0.336 e. The van der Waals surface area contributed by atoms with Crippen LogP contribution in [0.2, 0.25) is 0 Å². The lowest BCUT2D eigenvalue weighted by molar-refractivity contribution is -0.264. The van der Waals surface area contributed by atoms with Crippen LogP contribution < -0.4 is 5.32 Å². The third-order valence-corrected chi connectivity index (χ3v) is 17.7. The fraction of sp³-hybridized carbons (Fsp3) is 0.953. The number of esters is 1. The lowest BCUT2D eigenvalue weighted by Gasteiger charge is -2.47. The van der Waals surface area contributed by atoms with Gasteiger partial charge in [0.2, 0.25) is 5.91 Å². The van der Waals surface area contributed by atoms with Gasteiger partial charge in [-0.05, 0) is 33.5 Å². The average Bonchev–Trinajstić information content (AvgIpc) is 1.21. The van der Waals surface area contributed by atoms with E-state index in [1.165, 1.54) is 6.92 Å². The zero-order valence-corrected chi connectivity index (χ0v) is 59.7. The summed E-state index contributed by atoms with van der Waals surface area (Å²) in [5, 5.41) is 222. The van der Waals surface area contributed by atoms with Gasteiger partial charge in [-0.15, -0.1) is 0 Å². The average molecular weight is 1430 g/mol. The van der Waals surface area contributed by atoms with Gasteiger partial charge in [-0.25, -0.2) is 4.79 Å². The molecular formula is C64H123NO33. The van der Waals surface area contributed by atoms with E-state index in [4.69, 9.17) is 58.7 Å². The molecule has 6 rings (SSSR count). The van der Waals surface area contributed by atoms with Crippen LogP contribution in [0.25, 0.3) is 0 Å². The number of hydrogen-bond acceptors (Lipinski definition) is 32. The molecule has 6 aliphatic rings. The third kappa shape index (κ3) is 24.7. The molecule has 98 heavy (non-hydrogen) atoms. The first-order valence-corrected chi connectivity index (χ1v) is 32.9. The molecule has 0 saturated carbocycles. The number of nitrogens with one attached hydrogen (secondary N) is 1. The van der Waals surface area contributed by atoms with Gasteiger partial charge in [0.1, 0.15) is 128 Å². The van der Waals surface area contributed by atoms with Gasteiger partial charge in [0, 0.05) is 20.3 Å². The third-order valence-electron chi connectivity index (χ3n) is 17.7. The van der Waals surface area contributed by atoms with Crippen LogP contribution >= 0.6 is 0 Å². The molecule has 34 nitrogen and oxygen atoms in total. The van der Waals surface area contributed by atoms with Gasteiger partial charge in [0.25, 0.3) is 0 Å². The number of amides is 1. The molecule has 0 spiro atoms. The van der Waals surface area contributed by atoms with Crippen molar-refractivity contribution in [1.29, 1.82) is 0 Å². The van der Waals surface area contributed by atoms with Crippen LogP contribution in [0.4, 0.5) is 0 Å². The highest BCUT2D eigenvalue weighted by Crippen LogP contribution is 2.40. The minimum atomic E-state index is -1.82. The summed E-state index contributed by atoms with van der Waals surface area (Å²) in [5.41, 5.74) is -3.15. The first-order valence-electron chi connectivity index (χ1n) is 32.9. The molecule has 0 aliphatic carbocycles. The van der Waals surface area contributed by atoms with Crippen LogP contribution in [0.3, 0.4) is 0 Å². The van der Waals surface area contributed by atoms with Crippen molar-refractivity contribution in [2.24, 2.45) is 33.5 Å². The number of aliphatic hydroxyl groups excluding tert-OH is 22. The van der Waals surface area contributed by atoms with Gasteiger partial charge in [-0.3, -0.25) is 9.59 Å². The number of carboxylic acids is 1. The standard InChI is InChI=1S/C14H24O9.C11H21NO5.3C10H20O5.C9H18O4/c1-6(2)14(13(20)21)4-8(17)10(18)12(23-14)11(19)9(5-15)22-7(3)16;1-5(2)11-8(12-6(3)14)10(16)9(15)7(4-13)17-11;3*1-10(2,3)9-8(14)7(13)6(12)5(4-11)15-9;1-9(2,3)8-7(12)6(11)5(4-10)13-8/h6,8-12,15,17-19H,4-5H2,1-3H3,(H,20,21);5,7-11,13,15-16H,4H2,1-3H3,(H,12,14);3*5-9,11-14H,4H2,1-3H3;5-8,10-12H,4H2,1-3H3/t8-,9-,10-,11-,12?,14+;7?,8?,9-,10-,11+;5?,6-,7+,8?,9+;5?,6-,7+,8?,9-;5?,6-,7-,8?,9+;5-,6?,7-,8+/m111101/s1. The Hall–Kier alpha value is -2.71. The molecule has 0 aromatic rings. The van der Waals surface area contributed by atoms with Crippen molar-refractivity contribution >= 4 is 17.8 Å². The Balaban J connectivity index is 0.000000594. The van der Waals surface area contributed by atoms with Crippen molar-refractivity contribution in [2.75, 3.05) is 39.6 Å². The number of rotatable bonds is 13. The Bertz CT molecular complexity index is 2200. The van der Waals surface area contributed by atoms with E-state index in [1.807, 2.05) is 96.9 Å². The van der Waals surface area contributed by atoms with Crippen LogP contribution in [0.5, 0.6) is 0 Å². The van der Waals surface area contributed by atoms with Crippen LogP contribution in [0.15, 0.2) is 0 Å². The molecule has 0 bridgehead atoms. The van der Waals surface area contributed by atoms with E-state index < -0.39 is 207 Å². The summed E-state index contributed by atoms with van der Waals surface area (Å²) in [5.74, 6) is -2.94. The van der Waals surface area contributed by atoms with Crippen molar-refractivity contribution in [1.82, 2.24) is 5.32 Å². The summed E-state index contributed by atoms with van der Waals surface area (Å²) in [6.45, 7) is 29.3. The normalized spacial score (nSPS) is 39.8. The second-order valence-corrected chi connectivity index (χ2v) is 30.8. The monoisotopic (exact) mass is 1430 g/mol. The van der Waals surface area contributed by atoms with Gasteiger partial charge in [0.05, 0.1) is 82.3 Å². The van der Waals surface area contributed by atoms with E-state index in [0.717, 1.165) is 6.92 Å². The van der Waals surface area contributed by atoms with Crippen molar-refractivity contribution in [3.63, 3.8) is 0 Å². The lowest BCUT2D eigenvalue weighted by Crippen LogP contribution is -2.65. The lowest BCUT2D eigenvalue weighted by atomic mass is 9.78. The minimum absolute atomic E-state index is 0.0445. The summed E-state index contributed by atoms with van der Waals surface area (Å²) in [4.78, 5) is 33.7. The van der Waals surface area contributed by atoms with E-state index in [2.05, 4.69) is 5.32 Å². The molecule has 6 heterocycles. The molecule has 0 radical (unpaired) electrons. The molecule has 6 fully saturated rings. The Morgan fingerprint density at radius 3 is 0.969 bits per heavy atom. The number of ether oxygens (including phenoxy) is 7. The van der Waals surface area contributed by atoms with Gasteiger partial charge >= 0.3 is 11.9 Å². The number of aliphatic carboxylic acids is 1. The van der Waals surface area contributed by atoms with Crippen molar-refractivity contribution in [3.05, 3.63) is 0 Å². The number of carbonyl (C=O) groups excluding carboxylic acids is 2. The van der Waals surface area contributed by atoms with Gasteiger partial charge in [0.15, 0.2) is 11.7 Å². The molecule has 6 saturated heterocycles. The molecule has 34 heteroatoms. The molecule has 24 N–H and O–H groups in total. The summed E-state index contributed by atoms with van der Waals surface area (Å²) < 4.78 is 37.2. The summed E-state index contributed by atoms with van der Waals surface area (Å²) >= 11 is 0. The highest BCUT2D eigenvalue weighted by Gasteiger charge is 2.57. The van der Waals surface area contributed by atoms with Gasteiger partial charge < -0.3 is 156 Å². The number of hydrogen-bond donors (Lipinski definition) is 24. The van der Waals surface area contributed by atoms with Crippen LogP contribution in [0.1, 0.15) is 131 Å². The number of aliphatic hydroxyl groups is 22. The second-order valence-electron chi connectivity index (χ2n) is 30.8. The topological polar surface area (TPSA) is 593 Å². The van der Waals surface area contributed by atoms with E-state index in [0.29, 0.717) is 0 Å². The maximum atomic E-state index is 11.6. The highest BCUT2D eigenvalue weighted by atomic mass is 16.6. The molecule has 30 atom stereocenters. The van der Waals surface area contributed by atoms with E-state index in [-0.39, 0.29) is 72.9 Å². The fourth-order valence-corrected chi connectivity index (χ4v) is 11.9. The van der Waals surface area contributed by atoms with Crippen molar-refractivity contribution in [2.45, 2.75) is 314 Å². The van der Waals surface area contributed by atoms with Gasteiger partial charge in [-0.1, -0.05) is 111 Å². The maximum Gasteiger partial charge on any atom is 0.336 e. The summed E-state index contributed by atoms with van der Waals surface area (Å²) in [6.07, 6.45) is -30.0. The van der Waals surface area contributed by atoms with Gasteiger partial charge in [-0.2, -0.15) is 0 Å². The van der Waals surface area contributed by atoms with E-state index in [1.54, 1.807) is 13.8 Å². The molecule has 0 aromatic heterocycles. The fourth-order valence-electron chi connectivity index (χ4n) is 11.9. The molecule has 0 aromatic carbocycles. The van der Waals surface area contributed by atoms with Crippen molar-refractivity contribution < 1.29 is 165 Å². The SMILES string of the molecule is CC(=O)NC1[C@H](C(C)C)OC(CO)[C@@H](O)[C@@H]1O.CC(=O)O[C@H](CO)[C@@H](O)C1O[C@](C(=O)O)(C(C)C)C[C@@H](O)[C@H]1O.CC(C)(C)[C@@H]1OC(CO)[C@@H](O)[C@H](O)C1O.CC(C)(C)[C@@H]1OC(CO)[C@H](O)[C@H](O)C1O.CC(C)(C)[C@H]1OC(CO)[C@@H](O)[C@H](O)C1O.CC(C)(C)[C@H]1O[C@H](CO)C(O)[C@H]1O. The Kier molecular flexibility index (Phi) is 37.5. The predicted molar refractivity (Wildman–Crippen MR) is 342 cm³/mol. The highest BCUT2D eigenvalue weighted by molar-refractivity contribution is 5.78. The van der Waals surface area contributed by atoms with Crippen molar-refractivity contribution in [3.8, 4) is 0 Å². The molecular weight excluding hydrogens is 1310 g/mol. The first kappa shape index (κ1) is 93.3. The van der Waals surface area contributed by atoms with Crippen LogP contribution in [-0.4, -0.2) is 357 Å². The quantitative estimate of drug-likeness (QED) is 0.0762.